The molecular weight excluding hydrogens is 272 g/mol. The van der Waals surface area contributed by atoms with Gasteiger partial charge in [0.05, 0.1) is 4.47 Å². The minimum atomic E-state index is 0.938. The molecule has 1 rings (SSSR count). The van der Waals surface area contributed by atoms with Gasteiger partial charge in [-0.05, 0) is 37.9 Å². The van der Waals surface area contributed by atoms with Crippen molar-refractivity contribution in [2.24, 2.45) is 0 Å². The van der Waals surface area contributed by atoms with Crippen LogP contribution in [-0.4, -0.2) is 19.1 Å². The van der Waals surface area contributed by atoms with Crippen LogP contribution in [0.15, 0.2) is 21.2 Å². The summed E-state index contributed by atoms with van der Waals surface area (Å²) < 4.78 is 1.98. The Hall–Kier alpha value is -0.0900. The van der Waals surface area contributed by atoms with Crippen LogP contribution in [0.25, 0.3) is 0 Å². The van der Waals surface area contributed by atoms with E-state index in [9.17, 15) is 0 Å². The highest BCUT2D eigenvalue weighted by Crippen LogP contribution is 2.24. The molecule has 1 aromatic rings. The number of rotatable bonds is 1. The Labute approximate surface area is 82.9 Å². The molecule has 0 unspecified atom stereocenters. The van der Waals surface area contributed by atoms with Crippen LogP contribution in [0.5, 0.6) is 0 Å². The summed E-state index contributed by atoms with van der Waals surface area (Å²) in [7, 11) is 3.92. The molecule has 0 aromatic carbocycles. The summed E-state index contributed by atoms with van der Waals surface area (Å²) in [5.41, 5.74) is 0. The fourth-order valence-electron chi connectivity index (χ4n) is 0.736. The smallest absolute Gasteiger partial charge is 0.142 e. The van der Waals surface area contributed by atoms with Gasteiger partial charge in [-0.15, -0.1) is 0 Å². The summed E-state index contributed by atoms with van der Waals surface area (Å²) in [5.74, 6) is 0.938. The standard InChI is InChI=1S/C7H8Br2N2/c1-11(2)7-6(9)3-5(8)4-10-7/h3-4H,1-2H3. The Balaban J connectivity index is 3.09. The zero-order valence-electron chi connectivity index (χ0n) is 6.31. The molecule has 0 saturated carbocycles. The summed E-state index contributed by atoms with van der Waals surface area (Å²) in [6, 6.07) is 1.97. The molecule has 0 atom stereocenters. The number of hydrogen-bond acceptors (Lipinski definition) is 2. The minimum Gasteiger partial charge on any atom is -0.362 e. The third-order valence-electron chi connectivity index (χ3n) is 1.21. The molecule has 0 amide bonds. The summed E-state index contributed by atoms with van der Waals surface area (Å²) >= 11 is 6.75. The molecule has 0 spiro atoms. The van der Waals surface area contributed by atoms with E-state index in [1.54, 1.807) is 6.20 Å². The van der Waals surface area contributed by atoms with Crippen LogP contribution in [-0.2, 0) is 0 Å². The molecule has 0 radical (unpaired) electrons. The first-order valence-corrected chi connectivity index (χ1v) is 4.68. The van der Waals surface area contributed by atoms with Gasteiger partial charge >= 0.3 is 0 Å². The lowest BCUT2D eigenvalue weighted by atomic mass is 10.4. The van der Waals surface area contributed by atoms with Crippen LogP contribution >= 0.6 is 31.9 Å². The largest absolute Gasteiger partial charge is 0.362 e. The monoisotopic (exact) mass is 278 g/mol. The van der Waals surface area contributed by atoms with Crippen LogP contribution in [0.3, 0.4) is 0 Å². The maximum atomic E-state index is 4.21. The van der Waals surface area contributed by atoms with Crippen LogP contribution in [0.1, 0.15) is 0 Å². The van der Waals surface area contributed by atoms with Crippen LogP contribution in [0, 0.1) is 0 Å². The number of pyridine rings is 1. The van der Waals surface area contributed by atoms with Crippen molar-refractivity contribution >= 4 is 37.7 Å². The lowest BCUT2D eigenvalue weighted by Gasteiger charge is -2.12. The average molecular weight is 280 g/mol. The van der Waals surface area contributed by atoms with Gasteiger partial charge in [0.1, 0.15) is 5.82 Å². The zero-order chi connectivity index (χ0) is 8.43. The molecule has 11 heavy (non-hydrogen) atoms. The number of halogens is 2. The van der Waals surface area contributed by atoms with E-state index in [0.717, 1.165) is 14.8 Å². The molecule has 4 heteroatoms. The van der Waals surface area contributed by atoms with Gasteiger partial charge in [-0.2, -0.15) is 0 Å². The zero-order valence-corrected chi connectivity index (χ0v) is 9.48. The highest BCUT2D eigenvalue weighted by molar-refractivity contribution is 9.11. The summed E-state index contributed by atoms with van der Waals surface area (Å²) in [6.45, 7) is 0. The van der Waals surface area contributed by atoms with E-state index in [0.29, 0.717) is 0 Å². The van der Waals surface area contributed by atoms with Crippen molar-refractivity contribution in [1.82, 2.24) is 4.98 Å². The van der Waals surface area contributed by atoms with Crippen LogP contribution in [0.4, 0.5) is 5.82 Å². The highest BCUT2D eigenvalue weighted by Gasteiger charge is 2.02. The molecule has 0 saturated heterocycles. The molecule has 0 fully saturated rings. The van der Waals surface area contributed by atoms with Crippen LogP contribution in [0.2, 0.25) is 0 Å². The second kappa shape index (κ2) is 3.54. The van der Waals surface area contributed by atoms with Gasteiger partial charge < -0.3 is 4.90 Å². The van der Waals surface area contributed by atoms with Crippen molar-refractivity contribution in [3.05, 3.63) is 21.2 Å². The van der Waals surface area contributed by atoms with Crippen molar-refractivity contribution in [2.45, 2.75) is 0 Å². The van der Waals surface area contributed by atoms with Crippen molar-refractivity contribution < 1.29 is 0 Å². The first-order valence-electron chi connectivity index (χ1n) is 3.09. The SMILES string of the molecule is CN(C)c1ncc(Br)cc1Br. The quantitative estimate of drug-likeness (QED) is 0.786. The summed E-state index contributed by atoms with van der Waals surface area (Å²) in [5, 5.41) is 0. The maximum absolute atomic E-state index is 4.21. The topological polar surface area (TPSA) is 16.1 Å². The number of hydrogen-bond donors (Lipinski definition) is 0. The Morgan fingerprint density at radius 1 is 1.36 bits per heavy atom. The number of anilines is 1. The predicted octanol–water partition coefficient (Wildman–Crippen LogP) is 2.67. The van der Waals surface area contributed by atoms with E-state index in [-0.39, 0.29) is 0 Å². The van der Waals surface area contributed by atoms with Crippen molar-refractivity contribution in [3.8, 4) is 0 Å². The first kappa shape index (κ1) is 9.00. The molecule has 0 aliphatic rings. The Morgan fingerprint density at radius 3 is 2.45 bits per heavy atom. The van der Waals surface area contributed by atoms with Gasteiger partial charge in [0.25, 0.3) is 0 Å². The Bertz CT molecular complexity index is 261. The molecule has 60 valence electrons. The minimum absolute atomic E-state index is 0.938. The molecule has 0 aliphatic carbocycles. The van der Waals surface area contributed by atoms with Crippen molar-refractivity contribution in [1.29, 1.82) is 0 Å². The lowest BCUT2D eigenvalue weighted by Crippen LogP contribution is -2.10. The van der Waals surface area contributed by atoms with Crippen molar-refractivity contribution in [2.75, 3.05) is 19.0 Å². The third-order valence-corrected chi connectivity index (χ3v) is 2.23. The fraction of sp³-hybridized carbons (Fsp3) is 0.286. The van der Waals surface area contributed by atoms with Gasteiger partial charge in [0.15, 0.2) is 0 Å². The lowest BCUT2D eigenvalue weighted by molar-refractivity contribution is 1.06. The molecule has 0 bridgehead atoms. The molecule has 1 heterocycles. The van der Waals surface area contributed by atoms with Gasteiger partial charge in [0.2, 0.25) is 0 Å². The molecule has 1 aromatic heterocycles. The average Bonchev–Trinajstić information content (AvgIpc) is 1.85. The van der Waals surface area contributed by atoms with Crippen LogP contribution < -0.4 is 4.90 Å². The van der Waals surface area contributed by atoms with Gasteiger partial charge in [-0.3, -0.25) is 0 Å². The predicted molar refractivity (Wildman–Crippen MR) is 54.0 cm³/mol. The Morgan fingerprint density at radius 2 is 2.00 bits per heavy atom. The van der Waals surface area contributed by atoms with E-state index < -0.39 is 0 Å². The number of nitrogens with zero attached hydrogens (tertiary/aromatic N) is 2. The van der Waals surface area contributed by atoms with E-state index in [4.69, 9.17) is 0 Å². The van der Waals surface area contributed by atoms with Gasteiger partial charge in [0, 0.05) is 24.8 Å². The van der Waals surface area contributed by atoms with Gasteiger partial charge in [-0.25, -0.2) is 4.98 Å². The second-order valence-electron chi connectivity index (χ2n) is 2.35. The van der Waals surface area contributed by atoms with Crippen molar-refractivity contribution in [3.63, 3.8) is 0 Å². The Kier molecular flexibility index (Phi) is 2.90. The number of aromatic nitrogens is 1. The van der Waals surface area contributed by atoms with Gasteiger partial charge in [-0.1, -0.05) is 0 Å². The second-order valence-corrected chi connectivity index (χ2v) is 4.12. The first-order chi connectivity index (χ1) is 5.11. The molecule has 2 nitrogen and oxygen atoms in total. The normalized spacial score (nSPS) is 9.82. The molecule has 0 aliphatic heterocycles. The van der Waals surface area contributed by atoms with E-state index in [1.807, 2.05) is 25.1 Å². The van der Waals surface area contributed by atoms with E-state index in [2.05, 4.69) is 36.8 Å². The highest BCUT2D eigenvalue weighted by atomic mass is 79.9. The van der Waals surface area contributed by atoms with E-state index in [1.165, 1.54) is 0 Å². The maximum Gasteiger partial charge on any atom is 0.142 e. The molecular formula is C7H8Br2N2. The third kappa shape index (κ3) is 2.17. The fourth-order valence-corrected chi connectivity index (χ4v) is 2.08. The summed E-state index contributed by atoms with van der Waals surface area (Å²) in [6.07, 6.45) is 1.78. The summed E-state index contributed by atoms with van der Waals surface area (Å²) in [4.78, 5) is 6.16. The molecule has 0 N–H and O–H groups in total. The van der Waals surface area contributed by atoms with E-state index >= 15 is 0 Å².